The molecule has 1 aromatic heterocycles. The Morgan fingerprint density at radius 1 is 1.38 bits per heavy atom. The predicted molar refractivity (Wildman–Crippen MR) is 66.3 cm³/mol. The van der Waals surface area contributed by atoms with Gasteiger partial charge in [0.25, 0.3) is 0 Å². The number of likely N-dealkylation sites (N-methyl/N-ethyl adjacent to an activating group) is 1. The molecule has 4 heteroatoms. The van der Waals surface area contributed by atoms with Crippen LogP contribution >= 0.6 is 0 Å². The molecular formula is C12H24N4. The molecule has 1 N–H and O–H groups in total. The minimum atomic E-state index is 0.491. The Morgan fingerprint density at radius 3 is 2.69 bits per heavy atom. The maximum atomic E-state index is 4.35. The first kappa shape index (κ1) is 13.2. The van der Waals surface area contributed by atoms with Crippen molar-refractivity contribution in [1.29, 1.82) is 0 Å². The third kappa shape index (κ3) is 3.59. The number of aromatic nitrogens is 3. The lowest BCUT2D eigenvalue weighted by Gasteiger charge is -2.21. The number of aryl methyl sites for hydroxylation is 1. The molecule has 0 aromatic carbocycles. The SMILES string of the molecule is CCCn1ncnc1CC(NCC)C(C)C. The Labute approximate surface area is 98.5 Å². The van der Waals surface area contributed by atoms with Gasteiger partial charge in [-0.25, -0.2) is 4.98 Å². The largest absolute Gasteiger partial charge is 0.314 e. The van der Waals surface area contributed by atoms with Gasteiger partial charge < -0.3 is 5.32 Å². The lowest BCUT2D eigenvalue weighted by molar-refractivity contribution is 0.390. The van der Waals surface area contributed by atoms with Crippen LogP contribution in [-0.2, 0) is 13.0 Å². The Hall–Kier alpha value is -0.900. The summed E-state index contributed by atoms with van der Waals surface area (Å²) in [5.41, 5.74) is 0. The maximum absolute atomic E-state index is 4.35. The number of hydrogen-bond donors (Lipinski definition) is 1. The van der Waals surface area contributed by atoms with Crippen molar-refractivity contribution in [2.24, 2.45) is 5.92 Å². The third-order valence-electron chi connectivity index (χ3n) is 2.80. The Morgan fingerprint density at radius 2 is 2.12 bits per heavy atom. The Balaban J connectivity index is 2.65. The van der Waals surface area contributed by atoms with Crippen LogP contribution < -0.4 is 5.32 Å². The molecule has 16 heavy (non-hydrogen) atoms. The molecule has 0 amide bonds. The first-order valence-electron chi connectivity index (χ1n) is 6.29. The summed E-state index contributed by atoms with van der Waals surface area (Å²) in [5.74, 6) is 1.72. The smallest absolute Gasteiger partial charge is 0.138 e. The normalized spacial score (nSPS) is 13.3. The molecule has 1 aromatic rings. The zero-order chi connectivity index (χ0) is 12.0. The highest BCUT2D eigenvalue weighted by atomic mass is 15.3. The summed E-state index contributed by atoms with van der Waals surface area (Å²) in [6, 6.07) is 0.491. The lowest BCUT2D eigenvalue weighted by Crippen LogP contribution is -2.36. The van der Waals surface area contributed by atoms with Crippen molar-refractivity contribution in [3.63, 3.8) is 0 Å². The highest BCUT2D eigenvalue weighted by Crippen LogP contribution is 2.08. The van der Waals surface area contributed by atoms with Gasteiger partial charge in [-0.05, 0) is 18.9 Å². The van der Waals surface area contributed by atoms with E-state index in [0.717, 1.165) is 31.8 Å². The van der Waals surface area contributed by atoms with E-state index in [1.54, 1.807) is 6.33 Å². The van der Waals surface area contributed by atoms with Crippen molar-refractivity contribution in [3.05, 3.63) is 12.2 Å². The maximum Gasteiger partial charge on any atom is 0.138 e. The van der Waals surface area contributed by atoms with E-state index >= 15 is 0 Å². The molecule has 1 unspecified atom stereocenters. The summed E-state index contributed by atoms with van der Waals surface area (Å²) in [6.07, 6.45) is 3.73. The van der Waals surface area contributed by atoms with Crippen LogP contribution in [0.3, 0.4) is 0 Å². The summed E-state index contributed by atoms with van der Waals surface area (Å²) in [7, 11) is 0. The molecule has 4 nitrogen and oxygen atoms in total. The van der Waals surface area contributed by atoms with E-state index < -0.39 is 0 Å². The van der Waals surface area contributed by atoms with Crippen LogP contribution in [0, 0.1) is 5.92 Å². The van der Waals surface area contributed by atoms with Crippen LogP contribution in [0.5, 0.6) is 0 Å². The monoisotopic (exact) mass is 224 g/mol. The molecule has 0 aliphatic carbocycles. The zero-order valence-electron chi connectivity index (χ0n) is 10.9. The second-order valence-electron chi connectivity index (χ2n) is 4.51. The Bertz CT molecular complexity index is 293. The van der Waals surface area contributed by atoms with Gasteiger partial charge in [0.05, 0.1) is 0 Å². The van der Waals surface area contributed by atoms with Gasteiger partial charge in [-0.3, -0.25) is 4.68 Å². The highest BCUT2D eigenvalue weighted by molar-refractivity contribution is 4.90. The quantitative estimate of drug-likeness (QED) is 0.769. The minimum Gasteiger partial charge on any atom is -0.314 e. The van der Waals surface area contributed by atoms with Gasteiger partial charge in [-0.15, -0.1) is 0 Å². The van der Waals surface area contributed by atoms with Crippen molar-refractivity contribution >= 4 is 0 Å². The molecule has 0 aliphatic rings. The molecular weight excluding hydrogens is 200 g/mol. The first-order valence-corrected chi connectivity index (χ1v) is 6.29. The molecule has 0 aliphatic heterocycles. The van der Waals surface area contributed by atoms with Crippen molar-refractivity contribution in [3.8, 4) is 0 Å². The Kier molecular flexibility index (Phi) is 5.46. The molecule has 1 atom stereocenters. The van der Waals surface area contributed by atoms with Crippen LogP contribution in [0.4, 0.5) is 0 Å². The van der Waals surface area contributed by atoms with E-state index in [1.807, 2.05) is 4.68 Å². The van der Waals surface area contributed by atoms with Gasteiger partial charge in [0.1, 0.15) is 12.2 Å². The summed E-state index contributed by atoms with van der Waals surface area (Å²) in [6.45, 7) is 10.8. The van der Waals surface area contributed by atoms with E-state index in [1.165, 1.54) is 0 Å². The molecule has 0 saturated heterocycles. The molecule has 0 saturated carbocycles. The zero-order valence-corrected chi connectivity index (χ0v) is 10.9. The van der Waals surface area contributed by atoms with Gasteiger partial charge >= 0.3 is 0 Å². The fourth-order valence-corrected chi connectivity index (χ4v) is 1.85. The lowest BCUT2D eigenvalue weighted by atomic mass is 10.0. The topological polar surface area (TPSA) is 42.7 Å². The van der Waals surface area contributed by atoms with E-state index in [4.69, 9.17) is 0 Å². The number of nitrogens with zero attached hydrogens (tertiary/aromatic N) is 3. The first-order chi connectivity index (χ1) is 7.69. The van der Waals surface area contributed by atoms with Crippen molar-refractivity contribution in [2.75, 3.05) is 6.54 Å². The summed E-state index contributed by atoms with van der Waals surface area (Å²) in [5, 5.41) is 7.76. The van der Waals surface area contributed by atoms with Crippen LogP contribution in [0.15, 0.2) is 6.33 Å². The second kappa shape index (κ2) is 6.63. The van der Waals surface area contributed by atoms with Gasteiger partial charge in [0.2, 0.25) is 0 Å². The highest BCUT2D eigenvalue weighted by Gasteiger charge is 2.15. The van der Waals surface area contributed by atoms with Gasteiger partial charge in [-0.1, -0.05) is 27.7 Å². The van der Waals surface area contributed by atoms with Crippen molar-refractivity contribution in [2.45, 2.75) is 53.1 Å². The number of nitrogens with one attached hydrogen (secondary N) is 1. The van der Waals surface area contributed by atoms with E-state index in [9.17, 15) is 0 Å². The summed E-state index contributed by atoms with van der Waals surface area (Å²) < 4.78 is 2.02. The van der Waals surface area contributed by atoms with Gasteiger partial charge in [0.15, 0.2) is 0 Å². The summed E-state index contributed by atoms with van der Waals surface area (Å²) >= 11 is 0. The minimum absolute atomic E-state index is 0.491. The second-order valence-corrected chi connectivity index (χ2v) is 4.51. The van der Waals surface area contributed by atoms with Crippen LogP contribution in [0.2, 0.25) is 0 Å². The average Bonchev–Trinajstić information content (AvgIpc) is 2.65. The average molecular weight is 224 g/mol. The fraction of sp³-hybridized carbons (Fsp3) is 0.833. The van der Waals surface area contributed by atoms with Gasteiger partial charge in [-0.2, -0.15) is 5.10 Å². The van der Waals surface area contributed by atoms with Crippen LogP contribution in [-0.4, -0.2) is 27.4 Å². The molecule has 1 heterocycles. The van der Waals surface area contributed by atoms with Crippen LogP contribution in [0.1, 0.15) is 39.9 Å². The third-order valence-corrected chi connectivity index (χ3v) is 2.80. The molecule has 0 spiro atoms. The van der Waals surface area contributed by atoms with E-state index in [2.05, 4.69) is 43.1 Å². The molecule has 0 fully saturated rings. The van der Waals surface area contributed by atoms with Crippen LogP contribution in [0.25, 0.3) is 0 Å². The predicted octanol–water partition coefficient (Wildman–Crippen LogP) is 1.86. The van der Waals surface area contributed by atoms with Crippen molar-refractivity contribution < 1.29 is 0 Å². The summed E-state index contributed by atoms with van der Waals surface area (Å²) in [4.78, 5) is 4.35. The molecule has 92 valence electrons. The number of rotatable bonds is 7. The number of hydrogen-bond acceptors (Lipinski definition) is 3. The van der Waals surface area contributed by atoms with E-state index in [-0.39, 0.29) is 0 Å². The molecule has 0 bridgehead atoms. The van der Waals surface area contributed by atoms with E-state index in [0.29, 0.717) is 12.0 Å². The molecule has 0 radical (unpaired) electrons. The standard InChI is InChI=1S/C12H24N4/c1-5-7-16-12(14-9-15-16)8-11(10(3)4)13-6-2/h9-11,13H,5-8H2,1-4H3. The van der Waals surface area contributed by atoms with Crippen molar-refractivity contribution in [1.82, 2.24) is 20.1 Å². The van der Waals surface area contributed by atoms with Gasteiger partial charge in [0, 0.05) is 19.0 Å². The molecule has 1 rings (SSSR count). The fourth-order valence-electron chi connectivity index (χ4n) is 1.85.